The minimum absolute atomic E-state index is 0.0133. The molecular formula is C6H13N5O. The Bertz CT molecular complexity index is 200. The SMILES string of the molecule is CN[C@@H](CC(N)=NN=N)C(C)=O. The van der Waals surface area contributed by atoms with Gasteiger partial charge in [0.05, 0.1) is 6.04 Å². The molecule has 12 heavy (non-hydrogen) atoms. The third-order valence-corrected chi connectivity index (χ3v) is 1.43. The minimum atomic E-state index is -0.338. The molecule has 0 saturated heterocycles. The Kier molecular flexibility index (Phi) is 4.78. The third-order valence-electron chi connectivity index (χ3n) is 1.43. The van der Waals surface area contributed by atoms with Gasteiger partial charge in [-0.05, 0) is 14.0 Å². The Balaban J connectivity index is 4.11. The maximum absolute atomic E-state index is 10.9. The molecule has 0 radical (unpaired) electrons. The second-order valence-electron chi connectivity index (χ2n) is 2.35. The van der Waals surface area contributed by atoms with Crippen LogP contribution in [0.5, 0.6) is 0 Å². The van der Waals surface area contributed by atoms with Crippen LogP contribution in [0.1, 0.15) is 13.3 Å². The topological polar surface area (TPSA) is 104 Å². The molecule has 0 fully saturated rings. The summed E-state index contributed by atoms with van der Waals surface area (Å²) in [5, 5.41) is 8.82. The van der Waals surface area contributed by atoms with Gasteiger partial charge in [0.25, 0.3) is 0 Å². The smallest absolute Gasteiger partial charge is 0.147 e. The fraction of sp³-hybridized carbons (Fsp3) is 0.667. The molecule has 0 aromatic carbocycles. The van der Waals surface area contributed by atoms with E-state index in [1.165, 1.54) is 6.92 Å². The lowest BCUT2D eigenvalue weighted by Crippen LogP contribution is -2.36. The predicted molar refractivity (Wildman–Crippen MR) is 44.9 cm³/mol. The Morgan fingerprint density at radius 3 is 2.67 bits per heavy atom. The first-order valence-electron chi connectivity index (χ1n) is 3.48. The molecule has 0 aromatic rings. The Morgan fingerprint density at radius 1 is 1.75 bits per heavy atom. The zero-order valence-corrected chi connectivity index (χ0v) is 7.16. The zero-order chi connectivity index (χ0) is 9.56. The van der Waals surface area contributed by atoms with Gasteiger partial charge in [0.15, 0.2) is 0 Å². The number of Topliss-reactive ketones (excluding diaryl/α,β-unsaturated/α-hetero) is 1. The second kappa shape index (κ2) is 5.36. The average molecular weight is 171 g/mol. The van der Waals surface area contributed by atoms with Crippen LogP contribution in [0.25, 0.3) is 0 Å². The van der Waals surface area contributed by atoms with Gasteiger partial charge < -0.3 is 11.1 Å². The lowest BCUT2D eigenvalue weighted by molar-refractivity contribution is -0.118. The molecule has 0 rings (SSSR count). The molecule has 0 amide bonds. The van der Waals surface area contributed by atoms with Crippen LogP contribution in [0.3, 0.4) is 0 Å². The van der Waals surface area contributed by atoms with Gasteiger partial charge >= 0.3 is 0 Å². The quantitative estimate of drug-likeness (QED) is 0.232. The van der Waals surface area contributed by atoms with Crippen LogP contribution in [-0.2, 0) is 4.79 Å². The molecule has 68 valence electrons. The predicted octanol–water partition coefficient (Wildman–Crippen LogP) is -0.143. The highest BCUT2D eigenvalue weighted by Gasteiger charge is 2.12. The maximum Gasteiger partial charge on any atom is 0.147 e. The van der Waals surface area contributed by atoms with Gasteiger partial charge in [-0.1, -0.05) is 5.22 Å². The van der Waals surface area contributed by atoms with Crippen molar-refractivity contribution < 1.29 is 4.79 Å². The molecule has 0 heterocycles. The van der Waals surface area contributed by atoms with Crippen LogP contribution in [-0.4, -0.2) is 24.7 Å². The number of hydrogen-bond donors (Lipinski definition) is 3. The Hall–Kier alpha value is -1.30. The van der Waals surface area contributed by atoms with Gasteiger partial charge in [0.2, 0.25) is 0 Å². The van der Waals surface area contributed by atoms with Crippen molar-refractivity contribution in [3.05, 3.63) is 0 Å². The molecule has 4 N–H and O–H groups in total. The monoisotopic (exact) mass is 171 g/mol. The van der Waals surface area contributed by atoms with Gasteiger partial charge in [-0.3, -0.25) is 4.79 Å². The second-order valence-corrected chi connectivity index (χ2v) is 2.35. The van der Waals surface area contributed by atoms with E-state index in [0.29, 0.717) is 0 Å². The van der Waals surface area contributed by atoms with Crippen molar-refractivity contribution in [1.82, 2.24) is 5.32 Å². The van der Waals surface area contributed by atoms with Crippen LogP contribution >= 0.6 is 0 Å². The maximum atomic E-state index is 10.9. The summed E-state index contributed by atoms with van der Waals surface area (Å²) in [4.78, 5) is 10.9. The van der Waals surface area contributed by atoms with Crippen LogP contribution < -0.4 is 11.1 Å². The summed E-state index contributed by atoms with van der Waals surface area (Å²) in [5.74, 6) is 0.167. The molecule has 0 spiro atoms. The number of nitrogens with zero attached hydrogens (tertiary/aromatic N) is 2. The molecule has 0 aromatic heterocycles. The molecule has 0 bridgehead atoms. The van der Waals surface area contributed by atoms with Crippen LogP contribution in [0.2, 0.25) is 0 Å². The number of likely N-dealkylation sites (N-methyl/N-ethyl adjacent to an activating group) is 1. The minimum Gasteiger partial charge on any atom is -0.386 e. The number of ketones is 1. The number of carbonyl (C=O) groups is 1. The highest BCUT2D eigenvalue weighted by atomic mass is 16.1. The number of carbonyl (C=O) groups excluding carboxylic acids is 1. The van der Waals surface area contributed by atoms with E-state index in [2.05, 4.69) is 15.6 Å². The molecule has 6 heteroatoms. The van der Waals surface area contributed by atoms with E-state index in [0.717, 1.165) is 0 Å². The van der Waals surface area contributed by atoms with Gasteiger partial charge in [0.1, 0.15) is 11.6 Å². The van der Waals surface area contributed by atoms with Gasteiger partial charge in [0, 0.05) is 6.42 Å². The number of nitrogens with two attached hydrogens (primary N) is 1. The molecule has 0 unspecified atom stereocenters. The third kappa shape index (κ3) is 3.77. The van der Waals surface area contributed by atoms with Crippen molar-refractivity contribution in [2.75, 3.05) is 7.05 Å². The largest absolute Gasteiger partial charge is 0.386 e. The standard InChI is InChI=1S/C6H13N5O/c1-4(12)5(9-2)3-6(7)10-11-8/h5,9H,3H2,1-2H3,(H3,7,8,10)/t5-/m0/s1. The van der Waals surface area contributed by atoms with Gasteiger partial charge in [-0.2, -0.15) is 5.53 Å². The first kappa shape index (κ1) is 10.7. The molecular weight excluding hydrogens is 158 g/mol. The summed E-state index contributed by atoms with van der Waals surface area (Å²) < 4.78 is 0. The lowest BCUT2D eigenvalue weighted by atomic mass is 10.1. The molecule has 6 nitrogen and oxygen atoms in total. The normalized spacial score (nSPS) is 14.0. The average Bonchev–Trinajstić information content (AvgIpc) is 2.00. The van der Waals surface area contributed by atoms with Crippen molar-refractivity contribution >= 4 is 11.6 Å². The first-order chi connectivity index (χ1) is 5.61. The van der Waals surface area contributed by atoms with Crippen LogP contribution in [0.4, 0.5) is 0 Å². The summed E-state index contributed by atoms with van der Waals surface area (Å²) in [7, 11) is 1.66. The Morgan fingerprint density at radius 2 is 2.33 bits per heavy atom. The van der Waals surface area contributed by atoms with E-state index in [-0.39, 0.29) is 24.1 Å². The molecule has 0 aliphatic rings. The number of rotatable bonds is 5. The Labute approximate surface area is 70.7 Å². The van der Waals surface area contributed by atoms with E-state index in [4.69, 9.17) is 11.3 Å². The van der Waals surface area contributed by atoms with E-state index in [9.17, 15) is 4.79 Å². The van der Waals surface area contributed by atoms with Crippen molar-refractivity contribution in [2.24, 2.45) is 16.1 Å². The van der Waals surface area contributed by atoms with Crippen LogP contribution in [0, 0.1) is 5.53 Å². The molecule has 0 saturated carbocycles. The van der Waals surface area contributed by atoms with Crippen LogP contribution in [0.15, 0.2) is 10.3 Å². The van der Waals surface area contributed by atoms with Crippen molar-refractivity contribution in [1.29, 1.82) is 5.53 Å². The fourth-order valence-corrected chi connectivity index (χ4v) is 0.763. The van der Waals surface area contributed by atoms with E-state index >= 15 is 0 Å². The van der Waals surface area contributed by atoms with E-state index < -0.39 is 0 Å². The molecule has 1 atom stereocenters. The summed E-state index contributed by atoms with van der Waals surface area (Å²) >= 11 is 0. The van der Waals surface area contributed by atoms with Gasteiger partial charge in [-0.25, -0.2) is 0 Å². The van der Waals surface area contributed by atoms with Gasteiger partial charge in [-0.15, -0.1) is 5.10 Å². The fourth-order valence-electron chi connectivity index (χ4n) is 0.763. The summed E-state index contributed by atoms with van der Waals surface area (Å²) in [6.07, 6.45) is 0.286. The van der Waals surface area contributed by atoms with E-state index in [1.54, 1.807) is 7.05 Å². The number of nitrogens with one attached hydrogen (secondary N) is 2. The van der Waals surface area contributed by atoms with Crippen molar-refractivity contribution in [3.8, 4) is 0 Å². The first-order valence-corrected chi connectivity index (χ1v) is 3.48. The highest BCUT2D eigenvalue weighted by Crippen LogP contribution is 1.93. The zero-order valence-electron chi connectivity index (χ0n) is 7.16. The number of hydrogen-bond acceptors (Lipinski definition) is 4. The van der Waals surface area contributed by atoms with Crippen molar-refractivity contribution in [2.45, 2.75) is 19.4 Å². The van der Waals surface area contributed by atoms with E-state index in [1.807, 2.05) is 0 Å². The summed E-state index contributed by atoms with van der Waals surface area (Å²) in [5.41, 5.74) is 11.7. The summed E-state index contributed by atoms with van der Waals surface area (Å²) in [6.45, 7) is 1.46. The lowest BCUT2D eigenvalue weighted by Gasteiger charge is -2.10. The van der Waals surface area contributed by atoms with Crippen molar-refractivity contribution in [3.63, 3.8) is 0 Å². The molecule has 0 aliphatic heterocycles. The number of amidine groups is 1. The summed E-state index contributed by atoms with van der Waals surface area (Å²) in [6, 6.07) is -0.338. The highest BCUT2D eigenvalue weighted by molar-refractivity contribution is 5.89. The molecule has 0 aliphatic carbocycles.